The van der Waals surface area contributed by atoms with E-state index in [2.05, 4.69) is 15.9 Å². The first-order chi connectivity index (χ1) is 10.1. The number of halogens is 1. The Morgan fingerprint density at radius 1 is 1.29 bits per heavy atom. The molecule has 1 aromatic rings. The molecule has 1 fully saturated rings. The van der Waals surface area contributed by atoms with Gasteiger partial charge in [0.25, 0.3) is 0 Å². The number of likely N-dealkylation sites (tertiary alicyclic amines) is 1. The topological polar surface area (TPSA) is 29.5 Å². The first kappa shape index (κ1) is 16.5. The van der Waals surface area contributed by atoms with E-state index in [1.807, 2.05) is 49.1 Å². The molecule has 1 saturated heterocycles. The molecule has 0 N–H and O–H groups in total. The Morgan fingerprint density at radius 2 is 1.90 bits per heavy atom. The van der Waals surface area contributed by atoms with Crippen molar-refractivity contribution in [3.8, 4) is 0 Å². The van der Waals surface area contributed by atoms with Crippen LogP contribution in [0, 0.1) is 0 Å². The number of rotatable bonds is 5. The van der Waals surface area contributed by atoms with Crippen molar-refractivity contribution in [2.24, 2.45) is 0 Å². The molecule has 0 atom stereocenters. The zero-order valence-corrected chi connectivity index (χ0v) is 14.4. The molecular formula is C17H24BrNO2. The minimum Gasteiger partial charge on any atom is -0.377 e. The van der Waals surface area contributed by atoms with E-state index in [0.717, 1.165) is 43.4 Å². The number of alkyl halides is 1. The van der Waals surface area contributed by atoms with E-state index in [9.17, 15) is 4.79 Å². The minimum atomic E-state index is -0.467. The summed E-state index contributed by atoms with van der Waals surface area (Å²) >= 11 is 3.37. The predicted molar refractivity (Wildman–Crippen MR) is 88.8 cm³/mol. The van der Waals surface area contributed by atoms with Crippen LogP contribution in [-0.2, 0) is 14.9 Å². The SMILES string of the molecule is CC(C)(C(=O)N1CCC(OCCBr)CC1)c1ccccc1. The van der Waals surface area contributed by atoms with Crippen LogP contribution in [0.5, 0.6) is 0 Å². The fourth-order valence-electron chi connectivity index (χ4n) is 2.81. The molecule has 1 aromatic carbocycles. The van der Waals surface area contributed by atoms with Crippen molar-refractivity contribution in [1.82, 2.24) is 4.90 Å². The van der Waals surface area contributed by atoms with E-state index in [4.69, 9.17) is 4.74 Å². The van der Waals surface area contributed by atoms with Crippen LogP contribution in [0.1, 0.15) is 32.3 Å². The van der Waals surface area contributed by atoms with Gasteiger partial charge in [-0.2, -0.15) is 0 Å². The molecule has 0 unspecified atom stereocenters. The summed E-state index contributed by atoms with van der Waals surface area (Å²) in [4.78, 5) is 14.8. The van der Waals surface area contributed by atoms with Crippen LogP contribution >= 0.6 is 15.9 Å². The number of hydrogen-bond acceptors (Lipinski definition) is 2. The number of ether oxygens (including phenoxy) is 1. The van der Waals surface area contributed by atoms with Gasteiger partial charge in [0.2, 0.25) is 5.91 Å². The predicted octanol–water partition coefficient (Wildman–Crippen LogP) is 3.37. The second-order valence-corrected chi connectivity index (χ2v) is 6.84. The van der Waals surface area contributed by atoms with Crippen LogP contribution in [0.2, 0.25) is 0 Å². The maximum Gasteiger partial charge on any atom is 0.232 e. The second-order valence-electron chi connectivity index (χ2n) is 6.04. The Balaban J connectivity index is 1.95. The monoisotopic (exact) mass is 353 g/mol. The highest BCUT2D eigenvalue weighted by Crippen LogP contribution is 2.27. The Bertz CT molecular complexity index is 453. The van der Waals surface area contributed by atoms with Crippen LogP contribution < -0.4 is 0 Å². The summed E-state index contributed by atoms with van der Waals surface area (Å²) < 4.78 is 5.75. The van der Waals surface area contributed by atoms with E-state index in [0.29, 0.717) is 6.10 Å². The van der Waals surface area contributed by atoms with Crippen LogP contribution in [0.3, 0.4) is 0 Å². The molecule has 1 amide bonds. The van der Waals surface area contributed by atoms with Crippen molar-refractivity contribution in [3.63, 3.8) is 0 Å². The lowest BCUT2D eigenvalue weighted by Gasteiger charge is -2.37. The molecular weight excluding hydrogens is 330 g/mol. The molecule has 1 aliphatic rings. The quantitative estimate of drug-likeness (QED) is 0.759. The van der Waals surface area contributed by atoms with E-state index in [1.54, 1.807) is 0 Å². The average Bonchev–Trinajstić information content (AvgIpc) is 2.53. The summed E-state index contributed by atoms with van der Waals surface area (Å²) in [6.07, 6.45) is 2.17. The van der Waals surface area contributed by atoms with Crippen LogP contribution in [0.15, 0.2) is 30.3 Å². The minimum absolute atomic E-state index is 0.215. The number of piperidine rings is 1. The van der Waals surface area contributed by atoms with Crippen LogP contribution in [0.4, 0.5) is 0 Å². The van der Waals surface area contributed by atoms with Gasteiger partial charge in [-0.25, -0.2) is 0 Å². The number of hydrogen-bond donors (Lipinski definition) is 0. The molecule has 0 aliphatic carbocycles. The summed E-state index contributed by atoms with van der Waals surface area (Å²) in [6.45, 7) is 6.36. The van der Waals surface area contributed by atoms with Gasteiger partial charge in [-0.15, -0.1) is 0 Å². The summed E-state index contributed by atoms with van der Waals surface area (Å²) in [5.74, 6) is 0.215. The molecule has 4 heteroatoms. The van der Waals surface area contributed by atoms with Crippen LogP contribution in [0.25, 0.3) is 0 Å². The molecule has 3 nitrogen and oxygen atoms in total. The molecule has 0 bridgehead atoms. The van der Waals surface area contributed by atoms with Crippen molar-refractivity contribution in [3.05, 3.63) is 35.9 Å². The fourth-order valence-corrected chi connectivity index (χ4v) is 3.00. The molecule has 1 aliphatic heterocycles. The molecule has 2 rings (SSSR count). The zero-order chi connectivity index (χ0) is 15.3. The number of nitrogens with zero attached hydrogens (tertiary/aromatic N) is 1. The lowest BCUT2D eigenvalue weighted by Crippen LogP contribution is -2.48. The third kappa shape index (κ3) is 4.07. The van der Waals surface area contributed by atoms with Crippen molar-refractivity contribution >= 4 is 21.8 Å². The Kier molecular flexibility index (Phi) is 5.82. The van der Waals surface area contributed by atoms with Gasteiger partial charge >= 0.3 is 0 Å². The van der Waals surface area contributed by atoms with Gasteiger partial charge < -0.3 is 9.64 Å². The molecule has 0 spiro atoms. The molecule has 0 radical (unpaired) electrons. The smallest absolute Gasteiger partial charge is 0.232 e. The van der Waals surface area contributed by atoms with Crippen molar-refractivity contribution < 1.29 is 9.53 Å². The Hall–Kier alpha value is -0.870. The van der Waals surface area contributed by atoms with Crippen molar-refractivity contribution in [1.29, 1.82) is 0 Å². The fraction of sp³-hybridized carbons (Fsp3) is 0.588. The molecule has 0 aromatic heterocycles. The number of carbonyl (C=O) groups excluding carboxylic acids is 1. The van der Waals surface area contributed by atoms with Gasteiger partial charge in [0, 0.05) is 18.4 Å². The number of carbonyl (C=O) groups is 1. The Labute approximate surface area is 135 Å². The maximum absolute atomic E-state index is 12.8. The standard InChI is InChI=1S/C17H24BrNO2/c1-17(2,14-6-4-3-5-7-14)16(20)19-11-8-15(9-12-19)21-13-10-18/h3-7,15H,8-13H2,1-2H3. The van der Waals surface area contributed by atoms with E-state index in [1.165, 1.54) is 0 Å². The van der Waals surface area contributed by atoms with Gasteiger partial charge in [0.15, 0.2) is 0 Å². The number of amides is 1. The van der Waals surface area contributed by atoms with Crippen LogP contribution in [-0.4, -0.2) is 41.9 Å². The third-order valence-electron chi connectivity index (χ3n) is 4.19. The second kappa shape index (κ2) is 7.41. The highest BCUT2D eigenvalue weighted by atomic mass is 79.9. The molecule has 21 heavy (non-hydrogen) atoms. The lowest BCUT2D eigenvalue weighted by atomic mass is 9.82. The van der Waals surface area contributed by atoms with Crippen molar-refractivity contribution in [2.75, 3.05) is 25.0 Å². The molecule has 1 heterocycles. The van der Waals surface area contributed by atoms with Gasteiger partial charge in [0.05, 0.1) is 18.1 Å². The number of benzene rings is 1. The molecule has 116 valence electrons. The highest BCUT2D eigenvalue weighted by Gasteiger charge is 2.35. The largest absolute Gasteiger partial charge is 0.377 e. The third-order valence-corrected chi connectivity index (χ3v) is 4.51. The Morgan fingerprint density at radius 3 is 2.48 bits per heavy atom. The van der Waals surface area contributed by atoms with Gasteiger partial charge in [-0.05, 0) is 32.3 Å². The summed E-state index contributed by atoms with van der Waals surface area (Å²) in [5, 5.41) is 0.868. The zero-order valence-electron chi connectivity index (χ0n) is 12.8. The van der Waals surface area contributed by atoms with Gasteiger partial charge in [0.1, 0.15) is 0 Å². The normalized spacial score (nSPS) is 17.0. The van der Waals surface area contributed by atoms with E-state index < -0.39 is 5.41 Å². The summed E-state index contributed by atoms with van der Waals surface area (Å²) in [5.41, 5.74) is 0.609. The van der Waals surface area contributed by atoms with E-state index in [-0.39, 0.29) is 5.91 Å². The van der Waals surface area contributed by atoms with Gasteiger partial charge in [-0.1, -0.05) is 46.3 Å². The summed E-state index contributed by atoms with van der Waals surface area (Å²) in [7, 11) is 0. The highest BCUT2D eigenvalue weighted by molar-refractivity contribution is 9.09. The van der Waals surface area contributed by atoms with Crippen molar-refractivity contribution in [2.45, 2.75) is 38.2 Å². The first-order valence-corrected chi connectivity index (χ1v) is 8.70. The first-order valence-electron chi connectivity index (χ1n) is 7.58. The maximum atomic E-state index is 12.8. The average molecular weight is 354 g/mol. The summed E-state index contributed by atoms with van der Waals surface area (Å²) in [6, 6.07) is 10.0. The van der Waals surface area contributed by atoms with E-state index >= 15 is 0 Å². The lowest BCUT2D eigenvalue weighted by molar-refractivity contribution is -0.138. The van der Waals surface area contributed by atoms with Gasteiger partial charge in [-0.3, -0.25) is 4.79 Å². The molecule has 0 saturated carbocycles.